The number of carbonyl (C=O) groups excluding carboxylic acids is 2. The molecule has 3 aromatic carbocycles. The SMILES string of the molecule is C=CCc1cc(/C=C2\SC(=O)N(Cc3cc4c(cc3Cl)OCO4)C2=O)cc(OC)c1OCc1ccccc1. The molecule has 2 amide bonds. The molecule has 3 aromatic rings. The average molecular weight is 550 g/mol. The van der Waals surface area contributed by atoms with Gasteiger partial charge in [0.15, 0.2) is 23.0 Å². The van der Waals surface area contributed by atoms with Crippen LogP contribution in [0, 0.1) is 0 Å². The smallest absolute Gasteiger partial charge is 0.293 e. The van der Waals surface area contributed by atoms with Crippen molar-refractivity contribution in [3.8, 4) is 23.0 Å². The third-order valence-corrected chi connectivity index (χ3v) is 7.26. The van der Waals surface area contributed by atoms with E-state index in [2.05, 4.69) is 6.58 Å². The number of methoxy groups -OCH3 is 1. The van der Waals surface area contributed by atoms with Crippen molar-refractivity contribution in [3.05, 3.63) is 99.4 Å². The number of hydrogen-bond donors (Lipinski definition) is 0. The number of imide groups is 1. The molecule has 1 fully saturated rings. The van der Waals surface area contributed by atoms with Crippen molar-refractivity contribution in [1.82, 2.24) is 4.90 Å². The largest absolute Gasteiger partial charge is 0.493 e. The Morgan fingerprint density at radius 3 is 2.58 bits per heavy atom. The molecule has 0 bridgehead atoms. The predicted molar refractivity (Wildman–Crippen MR) is 147 cm³/mol. The summed E-state index contributed by atoms with van der Waals surface area (Å²) in [6.45, 7) is 4.36. The monoisotopic (exact) mass is 549 g/mol. The zero-order valence-corrected chi connectivity index (χ0v) is 22.1. The van der Waals surface area contributed by atoms with E-state index < -0.39 is 5.91 Å². The Morgan fingerprint density at radius 2 is 1.84 bits per heavy atom. The van der Waals surface area contributed by atoms with Crippen LogP contribution in [-0.4, -0.2) is 29.9 Å². The Hall–Kier alpha value is -3.88. The van der Waals surface area contributed by atoms with Crippen LogP contribution in [-0.2, 0) is 24.4 Å². The molecule has 0 aliphatic carbocycles. The first-order valence-electron chi connectivity index (χ1n) is 11.8. The van der Waals surface area contributed by atoms with Crippen LogP contribution >= 0.6 is 23.4 Å². The fourth-order valence-corrected chi connectivity index (χ4v) is 5.21. The Morgan fingerprint density at radius 1 is 1.08 bits per heavy atom. The topological polar surface area (TPSA) is 74.3 Å². The van der Waals surface area contributed by atoms with Crippen molar-refractivity contribution >= 4 is 40.6 Å². The molecule has 1 saturated heterocycles. The van der Waals surface area contributed by atoms with Crippen molar-refractivity contribution < 1.29 is 28.5 Å². The molecule has 194 valence electrons. The minimum atomic E-state index is -0.401. The fraction of sp³-hybridized carbons (Fsp3) is 0.172. The molecular formula is C29H24ClNO6S. The third kappa shape index (κ3) is 5.37. The summed E-state index contributed by atoms with van der Waals surface area (Å²) >= 11 is 7.25. The summed E-state index contributed by atoms with van der Waals surface area (Å²) in [5.74, 6) is 1.80. The quantitative estimate of drug-likeness (QED) is 0.219. The van der Waals surface area contributed by atoms with Crippen molar-refractivity contribution in [2.45, 2.75) is 19.6 Å². The van der Waals surface area contributed by atoms with Crippen molar-refractivity contribution in [3.63, 3.8) is 0 Å². The molecule has 0 aromatic heterocycles. The summed E-state index contributed by atoms with van der Waals surface area (Å²) < 4.78 is 22.5. The van der Waals surface area contributed by atoms with Gasteiger partial charge in [-0.25, -0.2) is 0 Å². The molecule has 0 atom stereocenters. The number of amides is 2. The van der Waals surface area contributed by atoms with E-state index in [9.17, 15) is 9.59 Å². The van der Waals surface area contributed by atoms with Crippen LogP contribution in [0.4, 0.5) is 4.79 Å². The summed E-state index contributed by atoms with van der Waals surface area (Å²) in [7, 11) is 1.56. The maximum atomic E-state index is 13.2. The summed E-state index contributed by atoms with van der Waals surface area (Å²) in [4.78, 5) is 27.4. The lowest BCUT2D eigenvalue weighted by molar-refractivity contribution is -0.123. The van der Waals surface area contributed by atoms with Crippen molar-refractivity contribution in [2.24, 2.45) is 0 Å². The average Bonchev–Trinajstić information content (AvgIpc) is 3.47. The molecule has 0 N–H and O–H groups in total. The molecule has 9 heteroatoms. The molecule has 0 saturated carbocycles. The first-order chi connectivity index (χ1) is 18.5. The molecule has 5 rings (SSSR count). The van der Waals surface area contributed by atoms with Gasteiger partial charge in [-0.2, -0.15) is 0 Å². The molecule has 7 nitrogen and oxygen atoms in total. The van der Waals surface area contributed by atoms with E-state index in [0.29, 0.717) is 57.1 Å². The highest BCUT2D eigenvalue weighted by molar-refractivity contribution is 8.18. The van der Waals surface area contributed by atoms with Gasteiger partial charge in [-0.3, -0.25) is 14.5 Å². The van der Waals surface area contributed by atoms with Crippen LogP contribution in [0.1, 0.15) is 22.3 Å². The van der Waals surface area contributed by atoms with Gasteiger partial charge in [-0.1, -0.05) is 48.0 Å². The lowest BCUT2D eigenvalue weighted by Crippen LogP contribution is -2.27. The molecule has 0 unspecified atom stereocenters. The van der Waals surface area contributed by atoms with Crippen LogP contribution in [0.15, 0.2) is 72.2 Å². The number of nitrogens with zero attached hydrogens (tertiary/aromatic N) is 1. The van der Waals surface area contributed by atoms with Crippen molar-refractivity contribution in [2.75, 3.05) is 13.9 Å². The maximum absolute atomic E-state index is 13.2. The number of carbonyl (C=O) groups is 2. The summed E-state index contributed by atoms with van der Waals surface area (Å²) in [6.07, 6.45) is 3.99. The molecule has 38 heavy (non-hydrogen) atoms. The summed E-state index contributed by atoms with van der Waals surface area (Å²) in [5, 5.41) is 0.0123. The van der Waals surface area contributed by atoms with Crippen LogP contribution < -0.4 is 18.9 Å². The molecule has 2 heterocycles. The third-order valence-electron chi connectivity index (χ3n) is 6.01. The van der Waals surface area contributed by atoms with Gasteiger partial charge in [-0.05, 0) is 59.1 Å². The number of thioether (sulfide) groups is 1. The summed E-state index contributed by atoms with van der Waals surface area (Å²) in [5.41, 5.74) is 3.18. The van der Waals surface area contributed by atoms with Crippen LogP contribution in [0.5, 0.6) is 23.0 Å². The molecule has 2 aliphatic heterocycles. The van der Waals surface area contributed by atoms with Crippen LogP contribution in [0.3, 0.4) is 0 Å². The number of hydrogen-bond acceptors (Lipinski definition) is 7. The second-order valence-corrected chi connectivity index (χ2v) is 9.94. The Kier molecular flexibility index (Phi) is 7.62. The van der Waals surface area contributed by atoms with E-state index in [4.69, 9.17) is 30.5 Å². The maximum Gasteiger partial charge on any atom is 0.293 e. The van der Waals surface area contributed by atoms with Gasteiger partial charge in [-0.15, -0.1) is 6.58 Å². The number of allylic oxidation sites excluding steroid dienone is 1. The Balaban J connectivity index is 1.39. The standard InChI is InChI=1S/C29H24ClNO6S/c1-3-7-20-10-19(11-25(34-2)27(20)35-16-18-8-5-4-6-9-18)12-26-28(32)31(29(33)38-26)15-21-13-23-24(14-22(21)30)37-17-36-23/h3-6,8-14H,1,7,15-17H2,2H3/b26-12-. The number of ether oxygens (including phenoxy) is 4. The van der Waals surface area contributed by atoms with Gasteiger partial charge < -0.3 is 18.9 Å². The zero-order valence-electron chi connectivity index (χ0n) is 20.6. The second kappa shape index (κ2) is 11.2. The zero-order chi connectivity index (χ0) is 26.6. The first-order valence-corrected chi connectivity index (χ1v) is 13.0. The molecule has 0 spiro atoms. The van der Waals surface area contributed by atoms with Gasteiger partial charge in [0.25, 0.3) is 11.1 Å². The number of halogens is 1. The molecule has 0 radical (unpaired) electrons. The lowest BCUT2D eigenvalue weighted by atomic mass is 10.0. The minimum Gasteiger partial charge on any atom is -0.493 e. The van der Waals surface area contributed by atoms with Crippen LogP contribution in [0.2, 0.25) is 5.02 Å². The molecule has 2 aliphatic rings. The van der Waals surface area contributed by atoms with E-state index in [-0.39, 0.29) is 18.6 Å². The first kappa shape index (κ1) is 25.8. The van der Waals surface area contributed by atoms with E-state index in [1.54, 1.807) is 37.5 Å². The normalized spacial score (nSPS) is 15.3. The second-order valence-electron chi connectivity index (χ2n) is 8.54. The van der Waals surface area contributed by atoms with Gasteiger partial charge >= 0.3 is 0 Å². The van der Waals surface area contributed by atoms with Gasteiger partial charge in [0.2, 0.25) is 6.79 Å². The highest BCUT2D eigenvalue weighted by Gasteiger charge is 2.36. The minimum absolute atomic E-state index is 0.0226. The predicted octanol–water partition coefficient (Wildman–Crippen LogP) is 6.62. The van der Waals surface area contributed by atoms with Crippen molar-refractivity contribution in [1.29, 1.82) is 0 Å². The Labute approximate surface area is 229 Å². The Bertz CT molecular complexity index is 1440. The number of fused-ring (bicyclic) bond motifs is 1. The van der Waals surface area contributed by atoms with Gasteiger partial charge in [0.05, 0.1) is 18.6 Å². The van der Waals surface area contributed by atoms with E-state index in [1.165, 1.54) is 4.90 Å². The number of benzene rings is 3. The van der Waals surface area contributed by atoms with E-state index in [1.807, 2.05) is 36.4 Å². The highest BCUT2D eigenvalue weighted by Crippen LogP contribution is 2.40. The van der Waals surface area contributed by atoms with Crippen LogP contribution in [0.25, 0.3) is 6.08 Å². The number of rotatable bonds is 9. The molecular weight excluding hydrogens is 526 g/mol. The summed E-state index contributed by atoms with van der Waals surface area (Å²) in [6, 6.07) is 16.9. The lowest BCUT2D eigenvalue weighted by Gasteiger charge is -2.16. The van der Waals surface area contributed by atoms with Gasteiger partial charge in [0.1, 0.15) is 6.61 Å². The van der Waals surface area contributed by atoms with E-state index >= 15 is 0 Å². The highest BCUT2D eigenvalue weighted by atomic mass is 35.5. The van der Waals surface area contributed by atoms with E-state index in [0.717, 1.165) is 22.9 Å². The van der Waals surface area contributed by atoms with Gasteiger partial charge in [0, 0.05) is 16.7 Å². The fourth-order valence-electron chi connectivity index (χ4n) is 4.16.